The number of aromatic nitrogens is 1. The molecule has 0 saturated carbocycles. The molecule has 1 unspecified atom stereocenters. The summed E-state index contributed by atoms with van der Waals surface area (Å²) in [6, 6.07) is 11.6. The molecule has 3 heterocycles. The van der Waals surface area contributed by atoms with E-state index >= 15 is 0 Å². The van der Waals surface area contributed by atoms with E-state index in [1.54, 1.807) is 30.3 Å². The largest absolute Gasteiger partial charge is 0.486 e. The molecule has 1 atom stereocenters. The lowest BCUT2D eigenvalue weighted by atomic mass is 10.0. The Bertz CT molecular complexity index is 1240. The summed E-state index contributed by atoms with van der Waals surface area (Å²) in [5.41, 5.74) is 0.657. The molecule has 1 aromatic heterocycles. The van der Waals surface area contributed by atoms with Crippen molar-refractivity contribution in [3.8, 4) is 23.0 Å². The maximum absolute atomic E-state index is 13.7. The van der Waals surface area contributed by atoms with E-state index in [9.17, 15) is 8.42 Å². The number of hydrogen-bond donors (Lipinski definition) is 0. The first kappa shape index (κ1) is 21.2. The van der Waals surface area contributed by atoms with Gasteiger partial charge in [0.05, 0.1) is 4.90 Å². The van der Waals surface area contributed by atoms with Crippen molar-refractivity contribution in [1.29, 1.82) is 0 Å². The SMILES string of the molecule is CC1CCCN(c2oc(-c3ccc(Cl)cc3)nc2S(=O)(=O)c2ccc3c(c2)OCCO3)C1. The molecular weight excluding hydrogens is 452 g/mol. The topological polar surface area (TPSA) is 81.9 Å². The van der Waals surface area contributed by atoms with Gasteiger partial charge in [-0.05, 0) is 55.2 Å². The van der Waals surface area contributed by atoms with Gasteiger partial charge >= 0.3 is 0 Å². The molecule has 1 saturated heterocycles. The molecule has 9 heteroatoms. The number of halogens is 1. The van der Waals surface area contributed by atoms with Crippen LogP contribution < -0.4 is 14.4 Å². The minimum atomic E-state index is -3.97. The highest BCUT2D eigenvalue weighted by Gasteiger charge is 2.33. The third-order valence-corrected chi connectivity index (χ3v) is 7.59. The van der Waals surface area contributed by atoms with Crippen LogP contribution in [0.4, 0.5) is 5.88 Å². The van der Waals surface area contributed by atoms with E-state index in [2.05, 4.69) is 11.9 Å². The molecule has 0 amide bonds. The van der Waals surface area contributed by atoms with Gasteiger partial charge in [0.15, 0.2) is 11.5 Å². The number of ether oxygens (including phenoxy) is 2. The molecule has 0 radical (unpaired) electrons. The lowest BCUT2D eigenvalue weighted by molar-refractivity contribution is 0.171. The number of hydrogen-bond acceptors (Lipinski definition) is 7. The average Bonchev–Trinajstić information content (AvgIpc) is 3.26. The third-order valence-electron chi connectivity index (χ3n) is 5.69. The zero-order chi connectivity index (χ0) is 22.3. The highest BCUT2D eigenvalue weighted by atomic mass is 35.5. The number of rotatable bonds is 4. The first-order valence-corrected chi connectivity index (χ1v) is 12.4. The summed E-state index contributed by atoms with van der Waals surface area (Å²) >= 11 is 6.01. The fraction of sp³-hybridized carbons (Fsp3) is 0.348. The highest BCUT2D eigenvalue weighted by Crippen LogP contribution is 2.39. The van der Waals surface area contributed by atoms with Crippen LogP contribution in [0.5, 0.6) is 11.5 Å². The molecular formula is C23H23ClN2O5S. The summed E-state index contributed by atoms with van der Waals surface area (Å²) in [6.45, 7) is 4.38. The number of oxazole rings is 1. The van der Waals surface area contributed by atoms with Crippen molar-refractivity contribution in [1.82, 2.24) is 4.98 Å². The Morgan fingerprint density at radius 3 is 2.56 bits per heavy atom. The van der Waals surface area contributed by atoms with Gasteiger partial charge in [-0.2, -0.15) is 4.98 Å². The van der Waals surface area contributed by atoms with Crippen molar-refractivity contribution in [3.05, 3.63) is 47.5 Å². The molecule has 168 valence electrons. The molecule has 32 heavy (non-hydrogen) atoms. The second-order valence-electron chi connectivity index (χ2n) is 8.14. The molecule has 2 aliphatic rings. The number of nitrogens with zero attached hydrogens (tertiary/aromatic N) is 2. The smallest absolute Gasteiger partial charge is 0.236 e. The van der Waals surface area contributed by atoms with Gasteiger partial charge in [-0.1, -0.05) is 18.5 Å². The van der Waals surface area contributed by atoms with Gasteiger partial charge in [-0.15, -0.1) is 0 Å². The van der Waals surface area contributed by atoms with Gasteiger partial charge in [0.2, 0.25) is 26.6 Å². The number of benzene rings is 2. The van der Waals surface area contributed by atoms with Crippen LogP contribution in [0.25, 0.3) is 11.5 Å². The van der Waals surface area contributed by atoms with Crippen LogP contribution in [-0.2, 0) is 9.84 Å². The Kier molecular flexibility index (Phi) is 5.51. The molecule has 5 rings (SSSR count). The van der Waals surface area contributed by atoms with Gasteiger partial charge in [-0.3, -0.25) is 0 Å². The van der Waals surface area contributed by atoms with Gasteiger partial charge < -0.3 is 18.8 Å². The molecule has 7 nitrogen and oxygen atoms in total. The summed E-state index contributed by atoms with van der Waals surface area (Å²) in [6.07, 6.45) is 2.06. The molecule has 3 aromatic rings. The quantitative estimate of drug-likeness (QED) is 0.535. The summed E-state index contributed by atoms with van der Waals surface area (Å²) < 4.78 is 44.6. The maximum atomic E-state index is 13.7. The van der Waals surface area contributed by atoms with E-state index in [4.69, 9.17) is 25.5 Å². The van der Waals surface area contributed by atoms with Crippen molar-refractivity contribution in [3.63, 3.8) is 0 Å². The van der Waals surface area contributed by atoms with Crippen molar-refractivity contribution < 1.29 is 22.3 Å². The summed E-state index contributed by atoms with van der Waals surface area (Å²) in [4.78, 5) is 6.52. The number of anilines is 1. The van der Waals surface area contributed by atoms with Gasteiger partial charge in [0.25, 0.3) is 0 Å². The summed E-state index contributed by atoms with van der Waals surface area (Å²) in [5, 5.41) is 0.489. The molecule has 2 aliphatic heterocycles. The molecule has 0 spiro atoms. The fourth-order valence-corrected chi connectivity index (χ4v) is 5.53. The zero-order valence-corrected chi connectivity index (χ0v) is 19.2. The lowest BCUT2D eigenvalue weighted by Crippen LogP contribution is -2.34. The van der Waals surface area contributed by atoms with Crippen molar-refractivity contribution in [2.24, 2.45) is 5.92 Å². The fourth-order valence-electron chi connectivity index (χ4n) is 4.07. The second kappa shape index (κ2) is 8.33. The summed E-state index contributed by atoms with van der Waals surface area (Å²) in [5.74, 6) is 1.88. The third kappa shape index (κ3) is 3.93. The Hall–Kier alpha value is -2.71. The van der Waals surface area contributed by atoms with E-state index in [0.717, 1.165) is 12.8 Å². The van der Waals surface area contributed by atoms with Gasteiger partial charge in [0.1, 0.15) is 13.2 Å². The predicted octanol–water partition coefficient (Wildman–Crippen LogP) is 4.84. The van der Waals surface area contributed by atoms with Gasteiger partial charge in [-0.25, -0.2) is 8.42 Å². The average molecular weight is 475 g/mol. The van der Waals surface area contributed by atoms with Crippen molar-refractivity contribution >= 4 is 27.3 Å². The maximum Gasteiger partial charge on any atom is 0.236 e. The van der Waals surface area contributed by atoms with E-state index in [0.29, 0.717) is 54.3 Å². The first-order chi connectivity index (χ1) is 15.4. The minimum Gasteiger partial charge on any atom is -0.486 e. The van der Waals surface area contributed by atoms with Crippen molar-refractivity contribution in [2.45, 2.75) is 29.7 Å². The van der Waals surface area contributed by atoms with Crippen LogP contribution in [0.15, 0.2) is 56.8 Å². The standard InChI is InChI=1S/C23H23ClN2O5S/c1-15-3-2-10-26(14-15)23-22(25-21(31-23)16-4-6-17(24)7-5-16)32(27,28)18-8-9-19-20(13-18)30-12-11-29-19/h4-9,13,15H,2-3,10-12,14H2,1H3. The van der Waals surface area contributed by atoms with Crippen LogP contribution >= 0.6 is 11.6 Å². The molecule has 0 bridgehead atoms. The van der Waals surface area contributed by atoms with Crippen LogP contribution in [0.2, 0.25) is 5.02 Å². The zero-order valence-electron chi connectivity index (χ0n) is 17.6. The molecule has 0 N–H and O–H groups in total. The highest BCUT2D eigenvalue weighted by molar-refractivity contribution is 7.91. The Balaban J connectivity index is 1.61. The van der Waals surface area contributed by atoms with E-state index in [1.807, 2.05) is 4.90 Å². The van der Waals surface area contributed by atoms with E-state index in [1.165, 1.54) is 12.1 Å². The summed E-state index contributed by atoms with van der Waals surface area (Å²) in [7, 11) is -3.97. The Labute approximate surface area is 191 Å². The van der Waals surface area contributed by atoms with E-state index < -0.39 is 9.84 Å². The molecule has 0 aliphatic carbocycles. The Morgan fingerprint density at radius 1 is 1.06 bits per heavy atom. The number of sulfone groups is 1. The molecule has 1 fully saturated rings. The number of piperidine rings is 1. The Morgan fingerprint density at radius 2 is 1.81 bits per heavy atom. The van der Waals surface area contributed by atoms with E-state index in [-0.39, 0.29) is 21.7 Å². The van der Waals surface area contributed by atoms with Crippen LogP contribution in [0.1, 0.15) is 19.8 Å². The first-order valence-electron chi connectivity index (χ1n) is 10.6. The predicted molar refractivity (Wildman–Crippen MR) is 120 cm³/mol. The minimum absolute atomic E-state index is 0.0871. The second-order valence-corrected chi connectivity index (χ2v) is 10.4. The lowest BCUT2D eigenvalue weighted by Gasteiger charge is -2.30. The van der Waals surface area contributed by atoms with Crippen LogP contribution in [0, 0.1) is 5.92 Å². The molecule has 2 aromatic carbocycles. The van der Waals surface area contributed by atoms with Crippen LogP contribution in [-0.4, -0.2) is 39.7 Å². The van der Waals surface area contributed by atoms with Crippen molar-refractivity contribution in [2.75, 3.05) is 31.2 Å². The van der Waals surface area contributed by atoms with Gasteiger partial charge in [0, 0.05) is 29.7 Å². The van der Waals surface area contributed by atoms with Crippen LogP contribution in [0.3, 0.4) is 0 Å². The number of fused-ring (bicyclic) bond motifs is 1. The monoisotopic (exact) mass is 474 g/mol. The normalized spacial score (nSPS) is 18.6.